The molecule has 0 radical (unpaired) electrons. The summed E-state index contributed by atoms with van der Waals surface area (Å²) in [5, 5.41) is 12.3. The number of sulfone groups is 1. The third-order valence-corrected chi connectivity index (χ3v) is 7.56. The van der Waals surface area contributed by atoms with E-state index in [9.17, 15) is 8.42 Å². The fraction of sp³-hybridized carbons (Fsp3) is 0.160. The highest BCUT2D eigenvalue weighted by atomic mass is 32.2. The van der Waals surface area contributed by atoms with Crippen LogP contribution < -0.4 is 5.32 Å². The first-order valence-electron chi connectivity index (χ1n) is 10.6. The molecule has 0 bridgehead atoms. The molecule has 0 spiro atoms. The zero-order valence-electron chi connectivity index (χ0n) is 18.8. The molecule has 0 amide bonds. The van der Waals surface area contributed by atoms with Crippen LogP contribution >= 0.6 is 0 Å². The predicted octanol–water partition coefficient (Wildman–Crippen LogP) is 5.09. The van der Waals surface area contributed by atoms with Crippen molar-refractivity contribution in [2.45, 2.75) is 37.6 Å². The smallest absolute Gasteiger partial charge is 0.229 e. The minimum atomic E-state index is -3.92. The molecule has 8 heteroatoms. The van der Waals surface area contributed by atoms with Gasteiger partial charge in [0.1, 0.15) is 5.82 Å². The molecule has 166 valence electrons. The molecule has 0 saturated carbocycles. The summed E-state index contributed by atoms with van der Waals surface area (Å²) in [6, 6.07) is 18.8. The van der Waals surface area contributed by atoms with Gasteiger partial charge in [0, 0.05) is 11.1 Å². The maximum atomic E-state index is 13.5. The summed E-state index contributed by atoms with van der Waals surface area (Å²) in [6.07, 6.45) is 0. The number of hydrogen-bond donors (Lipinski definition) is 1. The summed E-state index contributed by atoms with van der Waals surface area (Å²) >= 11 is 0. The minimum Gasteiger partial charge on any atom is -0.339 e. The van der Waals surface area contributed by atoms with Crippen LogP contribution in [0, 0.1) is 27.7 Å². The number of rotatable bonds is 4. The highest BCUT2D eigenvalue weighted by Gasteiger charge is 2.27. The third-order valence-electron chi connectivity index (χ3n) is 5.91. The summed E-state index contributed by atoms with van der Waals surface area (Å²) in [5.41, 5.74) is 5.87. The molecule has 0 unspecified atom stereocenters. The van der Waals surface area contributed by atoms with E-state index in [-0.39, 0.29) is 15.6 Å². The number of aryl methyl sites for hydroxylation is 4. The topological polar surface area (TPSA) is 89.2 Å². The molecular weight excluding hydrogens is 434 g/mol. The molecule has 0 aliphatic carbocycles. The van der Waals surface area contributed by atoms with Crippen LogP contribution in [-0.4, -0.2) is 28.2 Å². The number of benzene rings is 3. The molecule has 2 aromatic heterocycles. The summed E-state index contributed by atoms with van der Waals surface area (Å²) in [4.78, 5) is 4.88. The van der Waals surface area contributed by atoms with Gasteiger partial charge >= 0.3 is 0 Å². The van der Waals surface area contributed by atoms with Gasteiger partial charge in [-0.2, -0.15) is 4.52 Å². The largest absolute Gasteiger partial charge is 0.339 e. The highest BCUT2D eigenvalue weighted by Crippen LogP contribution is 2.31. The lowest BCUT2D eigenvalue weighted by Gasteiger charge is -2.13. The number of anilines is 2. The average Bonchev–Trinajstić information content (AvgIpc) is 3.23. The molecule has 2 heterocycles. The number of aromatic nitrogens is 4. The molecule has 7 nitrogen and oxygen atoms in total. The molecular formula is C25H23N5O2S. The maximum Gasteiger partial charge on any atom is 0.229 e. The molecule has 33 heavy (non-hydrogen) atoms. The first-order chi connectivity index (χ1) is 15.8. The van der Waals surface area contributed by atoms with E-state index in [0.717, 1.165) is 33.3 Å². The maximum absolute atomic E-state index is 13.5. The van der Waals surface area contributed by atoms with Crippen molar-refractivity contribution < 1.29 is 8.42 Å². The second-order valence-electron chi connectivity index (χ2n) is 8.30. The van der Waals surface area contributed by atoms with Gasteiger partial charge in [-0.15, -0.1) is 5.10 Å². The Bertz CT molecular complexity index is 1660. The Morgan fingerprint density at radius 3 is 2.39 bits per heavy atom. The minimum absolute atomic E-state index is 0.166. The van der Waals surface area contributed by atoms with Gasteiger partial charge in [0.05, 0.1) is 10.4 Å². The number of nitrogens with one attached hydrogen (secondary N) is 1. The lowest BCUT2D eigenvalue weighted by atomic mass is 10.1. The molecule has 0 aliphatic rings. The Hall–Kier alpha value is -3.78. The SMILES string of the molecule is Cc1ccc(C)c(Nc2nc3c(S(=O)(=O)c4ccc(C)c(C)c4)nnn3c3ccccc23)c1. The molecule has 5 rings (SSSR count). The van der Waals surface area contributed by atoms with Gasteiger partial charge in [-0.3, -0.25) is 0 Å². The van der Waals surface area contributed by atoms with Crippen LogP contribution in [0.3, 0.4) is 0 Å². The van der Waals surface area contributed by atoms with Gasteiger partial charge in [-0.25, -0.2) is 13.4 Å². The third kappa shape index (κ3) is 3.52. The van der Waals surface area contributed by atoms with E-state index in [0.29, 0.717) is 11.3 Å². The Morgan fingerprint density at radius 2 is 1.61 bits per heavy atom. The lowest BCUT2D eigenvalue weighted by molar-refractivity contribution is 0.592. The Kier molecular flexibility index (Phi) is 4.90. The van der Waals surface area contributed by atoms with Crippen LogP contribution in [0.25, 0.3) is 16.6 Å². The van der Waals surface area contributed by atoms with Gasteiger partial charge in [0.2, 0.25) is 14.9 Å². The first-order valence-corrected chi connectivity index (χ1v) is 12.0. The predicted molar refractivity (Wildman–Crippen MR) is 129 cm³/mol. The van der Waals surface area contributed by atoms with Crippen molar-refractivity contribution in [3.05, 3.63) is 82.9 Å². The molecule has 3 aromatic carbocycles. The van der Waals surface area contributed by atoms with E-state index in [1.807, 2.05) is 70.2 Å². The zero-order valence-corrected chi connectivity index (χ0v) is 19.6. The molecule has 1 N–H and O–H groups in total. The van der Waals surface area contributed by atoms with Gasteiger partial charge in [0.15, 0.2) is 5.65 Å². The second kappa shape index (κ2) is 7.67. The van der Waals surface area contributed by atoms with Crippen molar-refractivity contribution in [1.82, 2.24) is 19.8 Å². The molecule has 5 aromatic rings. The quantitative estimate of drug-likeness (QED) is 0.404. The summed E-state index contributed by atoms with van der Waals surface area (Å²) in [7, 11) is -3.92. The van der Waals surface area contributed by atoms with Crippen molar-refractivity contribution in [2.75, 3.05) is 5.32 Å². The monoisotopic (exact) mass is 457 g/mol. The van der Waals surface area contributed by atoms with Crippen LogP contribution in [-0.2, 0) is 9.84 Å². The van der Waals surface area contributed by atoms with Crippen LogP contribution in [0.1, 0.15) is 22.3 Å². The van der Waals surface area contributed by atoms with E-state index in [4.69, 9.17) is 4.98 Å². The van der Waals surface area contributed by atoms with E-state index in [2.05, 4.69) is 15.6 Å². The van der Waals surface area contributed by atoms with Crippen LogP contribution in [0.2, 0.25) is 0 Å². The van der Waals surface area contributed by atoms with Gasteiger partial charge in [-0.1, -0.05) is 35.5 Å². The normalized spacial score (nSPS) is 11.9. The van der Waals surface area contributed by atoms with E-state index >= 15 is 0 Å². The Balaban J connectivity index is 1.75. The first kappa shape index (κ1) is 21.1. The number of para-hydroxylation sites is 1. The Morgan fingerprint density at radius 1 is 0.848 bits per heavy atom. The van der Waals surface area contributed by atoms with E-state index in [1.54, 1.807) is 18.2 Å². The molecule has 0 saturated heterocycles. The number of nitrogens with zero attached hydrogens (tertiary/aromatic N) is 4. The zero-order chi connectivity index (χ0) is 23.3. The summed E-state index contributed by atoms with van der Waals surface area (Å²) in [5.74, 6) is 0.547. The highest BCUT2D eigenvalue weighted by molar-refractivity contribution is 7.91. The Labute approximate surface area is 192 Å². The van der Waals surface area contributed by atoms with Crippen LogP contribution in [0.4, 0.5) is 11.5 Å². The fourth-order valence-corrected chi connectivity index (χ4v) is 5.12. The summed E-state index contributed by atoms with van der Waals surface area (Å²) < 4.78 is 28.5. The van der Waals surface area contributed by atoms with Crippen molar-refractivity contribution in [2.24, 2.45) is 0 Å². The second-order valence-corrected chi connectivity index (χ2v) is 10.2. The standard InChI is InChI=1S/C25H23N5O2S/c1-15-9-10-17(3)21(13-15)26-23-20-7-5-6-8-22(20)30-24(27-23)25(28-29-30)33(31,32)19-12-11-16(2)18(4)14-19/h5-14H,1-4H3,(H,26,27). The average molecular weight is 458 g/mol. The van der Waals surface area contributed by atoms with Gasteiger partial charge in [-0.05, 0) is 80.3 Å². The number of fused-ring (bicyclic) bond motifs is 3. The van der Waals surface area contributed by atoms with Crippen molar-refractivity contribution in [3.63, 3.8) is 0 Å². The lowest BCUT2D eigenvalue weighted by Crippen LogP contribution is -2.06. The van der Waals surface area contributed by atoms with Gasteiger partial charge in [0.25, 0.3) is 0 Å². The molecule has 0 fully saturated rings. The van der Waals surface area contributed by atoms with Crippen molar-refractivity contribution in [1.29, 1.82) is 0 Å². The van der Waals surface area contributed by atoms with Gasteiger partial charge < -0.3 is 5.32 Å². The summed E-state index contributed by atoms with van der Waals surface area (Å²) in [6.45, 7) is 7.86. The van der Waals surface area contributed by atoms with Crippen molar-refractivity contribution >= 4 is 37.9 Å². The van der Waals surface area contributed by atoms with E-state index in [1.165, 1.54) is 4.52 Å². The van der Waals surface area contributed by atoms with E-state index < -0.39 is 9.84 Å². The molecule has 0 aliphatic heterocycles. The molecule has 0 atom stereocenters. The van der Waals surface area contributed by atoms with Crippen LogP contribution in [0.15, 0.2) is 70.6 Å². The fourth-order valence-electron chi connectivity index (χ4n) is 3.81. The van der Waals surface area contributed by atoms with Crippen molar-refractivity contribution in [3.8, 4) is 0 Å². The van der Waals surface area contributed by atoms with Crippen LogP contribution in [0.5, 0.6) is 0 Å². The number of hydrogen-bond acceptors (Lipinski definition) is 6.